The molecular formula is C17H27N5O3. The number of aliphatic hydroxyl groups excluding tert-OH is 1. The first-order chi connectivity index (χ1) is 12.2. The van der Waals surface area contributed by atoms with E-state index in [1.165, 1.54) is 6.33 Å². The number of aromatic amines is 1. The highest BCUT2D eigenvalue weighted by Gasteiger charge is 2.50. The summed E-state index contributed by atoms with van der Waals surface area (Å²) < 4.78 is 5.49. The van der Waals surface area contributed by atoms with Crippen LogP contribution in [0.4, 0.5) is 0 Å². The van der Waals surface area contributed by atoms with E-state index in [1.807, 2.05) is 4.90 Å². The summed E-state index contributed by atoms with van der Waals surface area (Å²) >= 11 is 0. The molecule has 8 nitrogen and oxygen atoms in total. The number of likely N-dealkylation sites (tertiary alicyclic amines) is 2. The van der Waals surface area contributed by atoms with Gasteiger partial charge in [0, 0.05) is 50.3 Å². The molecule has 0 aromatic carbocycles. The molecule has 138 valence electrons. The summed E-state index contributed by atoms with van der Waals surface area (Å²) in [5, 5.41) is 16.8. The van der Waals surface area contributed by atoms with E-state index in [4.69, 9.17) is 4.74 Å². The molecule has 1 amide bonds. The minimum absolute atomic E-state index is 0.0694. The third-order valence-electron chi connectivity index (χ3n) is 6.27. The Bertz CT molecular complexity index is 589. The highest BCUT2D eigenvalue weighted by Crippen LogP contribution is 2.42. The molecule has 0 saturated carbocycles. The average molecular weight is 349 g/mol. The molecule has 2 N–H and O–H groups in total. The van der Waals surface area contributed by atoms with Crippen LogP contribution in [-0.4, -0.2) is 87.5 Å². The Morgan fingerprint density at radius 1 is 1.36 bits per heavy atom. The maximum absolute atomic E-state index is 12.8. The number of aliphatic hydroxyl groups is 1. The van der Waals surface area contributed by atoms with Crippen molar-refractivity contribution in [3.8, 4) is 0 Å². The number of ether oxygens (including phenoxy) is 1. The van der Waals surface area contributed by atoms with Gasteiger partial charge < -0.3 is 14.7 Å². The van der Waals surface area contributed by atoms with Gasteiger partial charge in [-0.2, -0.15) is 5.10 Å². The Kier molecular flexibility index (Phi) is 4.75. The number of aromatic nitrogens is 3. The zero-order chi connectivity index (χ0) is 17.3. The zero-order valence-electron chi connectivity index (χ0n) is 14.6. The van der Waals surface area contributed by atoms with Crippen molar-refractivity contribution in [3.05, 3.63) is 12.2 Å². The van der Waals surface area contributed by atoms with Crippen LogP contribution in [0.2, 0.25) is 0 Å². The van der Waals surface area contributed by atoms with Crippen LogP contribution in [0.25, 0.3) is 0 Å². The molecule has 3 aliphatic rings. The Hall–Kier alpha value is -1.51. The number of H-pyrrole nitrogens is 1. The smallest absolute Gasteiger partial charge is 0.291 e. The number of carbonyl (C=O) groups excluding carboxylic acids is 1. The summed E-state index contributed by atoms with van der Waals surface area (Å²) in [5.74, 6) is 0.195. The number of fused-ring (bicyclic) bond motifs is 1. The van der Waals surface area contributed by atoms with Gasteiger partial charge in [-0.1, -0.05) is 0 Å². The van der Waals surface area contributed by atoms with E-state index in [0.717, 1.165) is 65.0 Å². The molecule has 0 bridgehead atoms. The lowest BCUT2D eigenvalue weighted by Gasteiger charge is -2.55. The highest BCUT2D eigenvalue weighted by atomic mass is 16.5. The maximum atomic E-state index is 12.8. The van der Waals surface area contributed by atoms with Gasteiger partial charge in [0.25, 0.3) is 5.91 Å². The van der Waals surface area contributed by atoms with Gasteiger partial charge in [-0.05, 0) is 32.1 Å². The van der Waals surface area contributed by atoms with E-state index in [-0.39, 0.29) is 24.0 Å². The van der Waals surface area contributed by atoms with E-state index in [9.17, 15) is 9.90 Å². The number of hydrogen-bond donors (Lipinski definition) is 2. The van der Waals surface area contributed by atoms with Crippen LogP contribution in [0.3, 0.4) is 0 Å². The monoisotopic (exact) mass is 349 g/mol. The van der Waals surface area contributed by atoms with E-state index in [1.54, 1.807) is 0 Å². The molecule has 0 radical (unpaired) electrons. The van der Waals surface area contributed by atoms with Crippen LogP contribution in [0, 0.1) is 5.41 Å². The zero-order valence-corrected chi connectivity index (χ0v) is 14.6. The van der Waals surface area contributed by atoms with Gasteiger partial charge in [0.1, 0.15) is 6.33 Å². The largest absolute Gasteiger partial charge is 0.396 e. The van der Waals surface area contributed by atoms with E-state index >= 15 is 0 Å². The summed E-state index contributed by atoms with van der Waals surface area (Å²) in [4.78, 5) is 21.3. The minimum atomic E-state index is -0.232. The Balaban J connectivity index is 1.53. The van der Waals surface area contributed by atoms with Crippen molar-refractivity contribution in [2.45, 2.75) is 44.2 Å². The predicted molar refractivity (Wildman–Crippen MR) is 90.0 cm³/mol. The summed E-state index contributed by atoms with van der Waals surface area (Å²) in [6.45, 7) is 4.33. The van der Waals surface area contributed by atoms with Crippen LogP contribution < -0.4 is 0 Å². The fourth-order valence-electron chi connectivity index (χ4n) is 4.96. The van der Waals surface area contributed by atoms with Crippen molar-refractivity contribution in [2.24, 2.45) is 5.41 Å². The molecule has 0 spiro atoms. The number of nitrogens with zero attached hydrogens (tertiary/aromatic N) is 4. The molecule has 4 rings (SSSR count). The van der Waals surface area contributed by atoms with Crippen LogP contribution >= 0.6 is 0 Å². The third kappa shape index (κ3) is 3.07. The maximum Gasteiger partial charge on any atom is 0.291 e. The second-order valence-corrected chi connectivity index (χ2v) is 7.58. The van der Waals surface area contributed by atoms with Crippen LogP contribution in [-0.2, 0) is 4.74 Å². The lowest BCUT2D eigenvalue weighted by Crippen LogP contribution is -2.65. The first-order valence-corrected chi connectivity index (χ1v) is 9.32. The van der Waals surface area contributed by atoms with Crippen molar-refractivity contribution >= 4 is 5.91 Å². The number of carbonyl (C=O) groups is 1. The van der Waals surface area contributed by atoms with Gasteiger partial charge in [0.2, 0.25) is 5.82 Å². The molecular weight excluding hydrogens is 322 g/mol. The summed E-state index contributed by atoms with van der Waals surface area (Å²) in [6, 6.07) is 0.610. The number of nitrogens with one attached hydrogen (secondary N) is 1. The van der Waals surface area contributed by atoms with Crippen molar-refractivity contribution in [2.75, 3.05) is 39.5 Å². The first-order valence-electron chi connectivity index (χ1n) is 9.32. The van der Waals surface area contributed by atoms with Gasteiger partial charge in [0.15, 0.2) is 0 Å². The second kappa shape index (κ2) is 7.01. The molecule has 3 aliphatic heterocycles. The highest BCUT2D eigenvalue weighted by molar-refractivity contribution is 5.90. The summed E-state index contributed by atoms with van der Waals surface area (Å²) in [5.41, 5.74) is -0.232. The summed E-state index contributed by atoms with van der Waals surface area (Å²) in [6.07, 6.45) is 6.27. The quantitative estimate of drug-likeness (QED) is 0.814. The Morgan fingerprint density at radius 2 is 2.20 bits per heavy atom. The van der Waals surface area contributed by atoms with Crippen molar-refractivity contribution < 1.29 is 14.6 Å². The van der Waals surface area contributed by atoms with Crippen molar-refractivity contribution in [1.82, 2.24) is 25.0 Å². The van der Waals surface area contributed by atoms with E-state index < -0.39 is 0 Å². The van der Waals surface area contributed by atoms with Crippen molar-refractivity contribution in [1.29, 1.82) is 0 Å². The molecule has 3 fully saturated rings. The van der Waals surface area contributed by atoms with Gasteiger partial charge in [0.05, 0.1) is 6.61 Å². The standard InChI is InChI=1S/C17H27N5O3/c23-11-17-5-1-6-22(16(24)15-18-12-19-20-15)14(17)2-7-21(10-17)13-3-8-25-9-4-13/h12-14,23H,1-11H2,(H,18,19,20)/t14-,17-/m1/s1. The van der Waals surface area contributed by atoms with E-state index in [0.29, 0.717) is 11.9 Å². The average Bonchev–Trinajstić information content (AvgIpc) is 3.22. The van der Waals surface area contributed by atoms with Crippen molar-refractivity contribution in [3.63, 3.8) is 0 Å². The van der Waals surface area contributed by atoms with E-state index in [2.05, 4.69) is 20.1 Å². The van der Waals surface area contributed by atoms with Crippen LogP contribution in [0.1, 0.15) is 42.7 Å². The number of rotatable bonds is 3. The Morgan fingerprint density at radius 3 is 2.92 bits per heavy atom. The first kappa shape index (κ1) is 16.9. The third-order valence-corrected chi connectivity index (χ3v) is 6.27. The second-order valence-electron chi connectivity index (χ2n) is 7.58. The molecule has 3 saturated heterocycles. The molecule has 0 unspecified atom stereocenters. The molecule has 4 heterocycles. The minimum Gasteiger partial charge on any atom is -0.396 e. The molecule has 8 heteroatoms. The fraction of sp³-hybridized carbons (Fsp3) is 0.824. The lowest BCUT2D eigenvalue weighted by atomic mass is 9.69. The normalized spacial score (nSPS) is 31.7. The van der Waals surface area contributed by atoms with Gasteiger partial charge in [-0.3, -0.25) is 14.8 Å². The topological polar surface area (TPSA) is 94.6 Å². The van der Waals surface area contributed by atoms with Crippen LogP contribution in [0.15, 0.2) is 6.33 Å². The SMILES string of the molecule is O=C(c1ncn[nH]1)N1CCC[C@]2(CO)CN(C3CCOCC3)CC[C@@H]12. The van der Waals surface area contributed by atoms with Crippen LogP contribution in [0.5, 0.6) is 0 Å². The molecule has 1 aromatic heterocycles. The predicted octanol–water partition coefficient (Wildman–Crippen LogP) is 0.273. The lowest BCUT2D eigenvalue weighted by molar-refractivity contribution is -0.0866. The summed E-state index contributed by atoms with van der Waals surface area (Å²) in [7, 11) is 0. The number of hydrogen-bond acceptors (Lipinski definition) is 6. The number of piperidine rings is 2. The molecule has 25 heavy (non-hydrogen) atoms. The van der Waals surface area contributed by atoms with Gasteiger partial charge >= 0.3 is 0 Å². The fourth-order valence-corrected chi connectivity index (χ4v) is 4.96. The molecule has 0 aliphatic carbocycles. The van der Waals surface area contributed by atoms with Gasteiger partial charge in [-0.15, -0.1) is 0 Å². The number of amides is 1. The van der Waals surface area contributed by atoms with Gasteiger partial charge in [-0.25, -0.2) is 4.98 Å². The molecule has 1 aromatic rings. The molecule has 2 atom stereocenters. The Labute approximate surface area is 147 Å².